The van der Waals surface area contributed by atoms with Crippen molar-refractivity contribution in [3.8, 4) is 0 Å². The molecule has 0 saturated heterocycles. The maximum absolute atomic E-state index is 4.66. The summed E-state index contributed by atoms with van der Waals surface area (Å²) in [5, 5.41) is 6.72. The van der Waals surface area contributed by atoms with Crippen LogP contribution in [0, 0.1) is 5.92 Å². The quantitative estimate of drug-likeness (QED) is 0.617. The largest absolute Gasteiger partial charge is 0.378 e. The van der Waals surface area contributed by atoms with E-state index in [0.717, 1.165) is 25.0 Å². The highest BCUT2D eigenvalue weighted by Crippen LogP contribution is 2.27. The summed E-state index contributed by atoms with van der Waals surface area (Å²) >= 11 is 0. The van der Waals surface area contributed by atoms with E-state index < -0.39 is 0 Å². The third-order valence-electron chi connectivity index (χ3n) is 3.45. The van der Waals surface area contributed by atoms with Crippen LogP contribution in [0.25, 0.3) is 0 Å². The van der Waals surface area contributed by atoms with E-state index in [0.29, 0.717) is 6.54 Å². The summed E-state index contributed by atoms with van der Waals surface area (Å²) in [6.07, 6.45) is 2.72. The van der Waals surface area contributed by atoms with Gasteiger partial charge >= 0.3 is 0 Å². The molecule has 0 amide bonds. The van der Waals surface area contributed by atoms with Crippen LogP contribution in [0.15, 0.2) is 29.3 Å². The zero-order valence-corrected chi connectivity index (χ0v) is 12.8. The normalized spacial score (nSPS) is 15.1. The van der Waals surface area contributed by atoms with Crippen LogP contribution in [-0.2, 0) is 6.54 Å². The van der Waals surface area contributed by atoms with Crippen molar-refractivity contribution in [1.82, 2.24) is 10.6 Å². The number of nitrogens with one attached hydrogen (secondary N) is 2. The van der Waals surface area contributed by atoms with Crippen LogP contribution in [0.1, 0.15) is 25.3 Å². The van der Waals surface area contributed by atoms with E-state index in [1.807, 2.05) is 0 Å². The Bertz CT molecular complexity index is 450. The second-order valence-electron chi connectivity index (χ2n) is 5.58. The van der Waals surface area contributed by atoms with Gasteiger partial charge in [0.2, 0.25) is 0 Å². The van der Waals surface area contributed by atoms with Crippen LogP contribution in [0.4, 0.5) is 5.69 Å². The lowest BCUT2D eigenvalue weighted by Gasteiger charge is -2.14. The average Bonchev–Trinajstić information content (AvgIpc) is 3.26. The summed E-state index contributed by atoms with van der Waals surface area (Å²) in [6, 6.07) is 8.52. The zero-order valence-electron chi connectivity index (χ0n) is 12.8. The summed E-state index contributed by atoms with van der Waals surface area (Å²) in [5.41, 5.74) is 2.45. The molecule has 4 heteroatoms. The Kier molecular flexibility index (Phi) is 5.27. The molecule has 2 N–H and O–H groups in total. The van der Waals surface area contributed by atoms with E-state index in [-0.39, 0.29) is 0 Å². The molecule has 0 bridgehead atoms. The molecule has 110 valence electrons. The van der Waals surface area contributed by atoms with Gasteiger partial charge in [-0.2, -0.15) is 0 Å². The van der Waals surface area contributed by atoms with Crippen LogP contribution in [0.5, 0.6) is 0 Å². The van der Waals surface area contributed by atoms with Gasteiger partial charge < -0.3 is 15.5 Å². The molecule has 0 radical (unpaired) electrons. The Balaban J connectivity index is 1.94. The number of aliphatic imine (C=N–C) groups is 1. The highest BCUT2D eigenvalue weighted by atomic mass is 15.2. The van der Waals surface area contributed by atoms with E-state index in [1.54, 1.807) is 0 Å². The number of hydrogen-bond acceptors (Lipinski definition) is 2. The Morgan fingerprint density at radius 2 is 2.10 bits per heavy atom. The third-order valence-corrected chi connectivity index (χ3v) is 3.45. The summed E-state index contributed by atoms with van der Waals surface area (Å²) in [5.74, 6) is 1.78. The van der Waals surface area contributed by atoms with Crippen LogP contribution in [0.2, 0.25) is 0 Å². The molecule has 1 fully saturated rings. The number of benzene rings is 1. The van der Waals surface area contributed by atoms with Gasteiger partial charge in [0.1, 0.15) is 0 Å². The Morgan fingerprint density at radius 1 is 1.30 bits per heavy atom. The van der Waals surface area contributed by atoms with E-state index in [4.69, 9.17) is 0 Å². The van der Waals surface area contributed by atoms with Crippen molar-refractivity contribution in [2.24, 2.45) is 10.9 Å². The minimum atomic E-state index is 0.710. The molecule has 1 aliphatic carbocycles. The minimum absolute atomic E-state index is 0.710. The van der Waals surface area contributed by atoms with Gasteiger partial charge in [-0.3, -0.25) is 0 Å². The van der Waals surface area contributed by atoms with Crippen molar-refractivity contribution < 1.29 is 0 Å². The fraction of sp³-hybridized carbons (Fsp3) is 0.562. The number of guanidine groups is 1. The second-order valence-corrected chi connectivity index (χ2v) is 5.58. The van der Waals surface area contributed by atoms with Crippen molar-refractivity contribution >= 4 is 11.6 Å². The topological polar surface area (TPSA) is 39.7 Å². The van der Waals surface area contributed by atoms with Gasteiger partial charge in [-0.1, -0.05) is 12.1 Å². The van der Waals surface area contributed by atoms with Crippen molar-refractivity contribution in [3.63, 3.8) is 0 Å². The number of anilines is 1. The van der Waals surface area contributed by atoms with Crippen LogP contribution in [-0.4, -0.2) is 33.1 Å². The lowest BCUT2D eigenvalue weighted by molar-refractivity contribution is 0.739. The molecule has 2 rings (SSSR count). The van der Waals surface area contributed by atoms with Crippen molar-refractivity contribution in [3.05, 3.63) is 29.8 Å². The summed E-state index contributed by atoms with van der Waals surface area (Å²) in [6.45, 7) is 4.75. The van der Waals surface area contributed by atoms with E-state index >= 15 is 0 Å². The van der Waals surface area contributed by atoms with Crippen LogP contribution < -0.4 is 15.5 Å². The van der Waals surface area contributed by atoms with Gasteiger partial charge in [-0.15, -0.1) is 0 Å². The Morgan fingerprint density at radius 3 is 2.75 bits per heavy atom. The number of nitrogens with zero attached hydrogens (tertiary/aromatic N) is 2. The van der Waals surface area contributed by atoms with E-state index in [2.05, 4.69) is 65.8 Å². The molecule has 0 unspecified atom stereocenters. The molecule has 1 aromatic carbocycles. The highest BCUT2D eigenvalue weighted by molar-refractivity contribution is 5.79. The zero-order chi connectivity index (χ0) is 14.4. The van der Waals surface area contributed by atoms with Crippen molar-refractivity contribution in [2.75, 3.05) is 32.1 Å². The Hall–Kier alpha value is -1.71. The van der Waals surface area contributed by atoms with E-state index in [1.165, 1.54) is 24.1 Å². The van der Waals surface area contributed by atoms with Crippen LogP contribution in [0.3, 0.4) is 0 Å². The minimum Gasteiger partial charge on any atom is -0.378 e. The smallest absolute Gasteiger partial charge is 0.191 e. The van der Waals surface area contributed by atoms with Gasteiger partial charge in [-0.25, -0.2) is 4.99 Å². The molecule has 0 heterocycles. The van der Waals surface area contributed by atoms with E-state index in [9.17, 15) is 0 Å². The summed E-state index contributed by atoms with van der Waals surface area (Å²) < 4.78 is 0. The number of hydrogen-bond donors (Lipinski definition) is 2. The second kappa shape index (κ2) is 7.17. The first-order valence-corrected chi connectivity index (χ1v) is 7.47. The molecular formula is C16H26N4. The molecule has 0 aromatic heterocycles. The third kappa shape index (κ3) is 4.76. The lowest BCUT2D eigenvalue weighted by Crippen LogP contribution is -2.38. The first kappa shape index (κ1) is 14.7. The molecule has 4 nitrogen and oxygen atoms in total. The van der Waals surface area contributed by atoms with Crippen LogP contribution >= 0.6 is 0 Å². The molecule has 1 saturated carbocycles. The fourth-order valence-electron chi connectivity index (χ4n) is 2.01. The summed E-state index contributed by atoms with van der Waals surface area (Å²) in [7, 11) is 4.12. The lowest BCUT2D eigenvalue weighted by atomic mass is 10.2. The van der Waals surface area contributed by atoms with Gasteiger partial charge in [0.25, 0.3) is 0 Å². The SMILES string of the molecule is CCNC(=NCc1cccc(N(C)C)c1)NCC1CC1. The predicted octanol–water partition coefficient (Wildman–Crippen LogP) is 2.22. The monoisotopic (exact) mass is 274 g/mol. The van der Waals surface area contributed by atoms with Crippen molar-refractivity contribution in [1.29, 1.82) is 0 Å². The van der Waals surface area contributed by atoms with Gasteiger partial charge in [0.05, 0.1) is 6.54 Å². The molecule has 20 heavy (non-hydrogen) atoms. The highest BCUT2D eigenvalue weighted by Gasteiger charge is 2.20. The maximum Gasteiger partial charge on any atom is 0.191 e. The number of rotatable bonds is 6. The molecule has 0 spiro atoms. The average molecular weight is 274 g/mol. The molecule has 1 aromatic rings. The predicted molar refractivity (Wildman–Crippen MR) is 86.3 cm³/mol. The summed E-state index contributed by atoms with van der Waals surface area (Å²) in [4.78, 5) is 6.77. The molecule has 0 atom stereocenters. The fourth-order valence-corrected chi connectivity index (χ4v) is 2.01. The first-order chi connectivity index (χ1) is 9.69. The van der Waals surface area contributed by atoms with Gasteiger partial charge in [0, 0.05) is 32.9 Å². The molecule has 0 aliphatic heterocycles. The molecule has 1 aliphatic rings. The van der Waals surface area contributed by atoms with Crippen molar-refractivity contribution in [2.45, 2.75) is 26.3 Å². The standard InChI is InChI=1S/C16H26N4/c1-4-17-16(18-11-13-8-9-13)19-12-14-6-5-7-15(10-14)20(2)3/h5-7,10,13H,4,8-9,11-12H2,1-3H3,(H2,17,18,19). The maximum atomic E-state index is 4.66. The van der Waals surface area contributed by atoms with Gasteiger partial charge in [0.15, 0.2) is 5.96 Å². The molecular weight excluding hydrogens is 248 g/mol. The van der Waals surface area contributed by atoms with Gasteiger partial charge in [-0.05, 0) is 43.4 Å². The first-order valence-electron chi connectivity index (χ1n) is 7.47. The Labute approximate surface area is 122 Å².